The van der Waals surface area contributed by atoms with E-state index in [1.54, 1.807) is 17.3 Å². The van der Waals surface area contributed by atoms with Gasteiger partial charge in [-0.25, -0.2) is 4.79 Å². The van der Waals surface area contributed by atoms with Crippen LogP contribution in [0.15, 0.2) is 29.5 Å². The lowest BCUT2D eigenvalue weighted by molar-refractivity contribution is 0.0232. The fourth-order valence-corrected chi connectivity index (χ4v) is 3.54. The number of amides is 1. The van der Waals surface area contributed by atoms with Crippen LogP contribution < -0.4 is 11.1 Å². The third kappa shape index (κ3) is 8.57. The maximum Gasteiger partial charge on any atom is 0.410 e. The lowest BCUT2D eigenvalue weighted by Gasteiger charge is -2.27. The van der Waals surface area contributed by atoms with Crippen LogP contribution in [0.2, 0.25) is 0 Å². The van der Waals surface area contributed by atoms with Crippen molar-refractivity contribution in [1.82, 2.24) is 20.1 Å². The predicted molar refractivity (Wildman–Crippen MR) is 120 cm³/mol. The monoisotopic (exact) mass is 418 g/mol. The highest BCUT2D eigenvalue weighted by molar-refractivity contribution is 5.77. The summed E-state index contributed by atoms with van der Waals surface area (Å²) < 4.78 is 5.56. The van der Waals surface area contributed by atoms with Crippen molar-refractivity contribution in [1.29, 1.82) is 0 Å². The molecule has 0 spiro atoms. The van der Waals surface area contributed by atoms with Crippen molar-refractivity contribution >= 4 is 12.1 Å². The Morgan fingerprint density at radius 1 is 1.47 bits per heavy atom. The van der Waals surface area contributed by atoms with Crippen molar-refractivity contribution in [3.63, 3.8) is 0 Å². The van der Waals surface area contributed by atoms with E-state index < -0.39 is 5.60 Å². The summed E-state index contributed by atoms with van der Waals surface area (Å²) in [5.41, 5.74) is 6.46. The number of likely N-dealkylation sites (tertiary alicyclic amines) is 1. The highest BCUT2D eigenvalue weighted by Gasteiger charge is 2.23. The minimum absolute atomic E-state index is 0.325. The fraction of sp³-hybridized carbons (Fsp3) is 0.682. The first-order valence-corrected chi connectivity index (χ1v) is 10.9. The van der Waals surface area contributed by atoms with Crippen LogP contribution in [0.3, 0.4) is 0 Å². The molecule has 0 aromatic carbocycles. The minimum atomic E-state index is -0.535. The van der Waals surface area contributed by atoms with Gasteiger partial charge in [0.15, 0.2) is 5.96 Å². The number of nitrogens with one attached hydrogen (secondary N) is 1. The van der Waals surface area contributed by atoms with Crippen LogP contribution in [0.1, 0.15) is 52.5 Å². The van der Waals surface area contributed by atoms with E-state index in [4.69, 9.17) is 10.5 Å². The van der Waals surface area contributed by atoms with E-state index in [0.29, 0.717) is 31.6 Å². The summed E-state index contributed by atoms with van der Waals surface area (Å²) in [5, 5.41) is 3.16. The molecule has 1 aromatic heterocycles. The molecule has 1 fully saturated rings. The van der Waals surface area contributed by atoms with E-state index in [9.17, 15) is 4.79 Å². The van der Waals surface area contributed by atoms with Crippen LogP contribution >= 0.6 is 0 Å². The van der Waals surface area contributed by atoms with Gasteiger partial charge in [0.2, 0.25) is 0 Å². The highest BCUT2D eigenvalue weighted by atomic mass is 16.6. The molecule has 1 unspecified atom stereocenters. The summed E-state index contributed by atoms with van der Waals surface area (Å²) in [7, 11) is 0. The van der Waals surface area contributed by atoms with Gasteiger partial charge in [-0.1, -0.05) is 13.0 Å². The van der Waals surface area contributed by atoms with Gasteiger partial charge in [0, 0.05) is 31.5 Å². The number of rotatable bonds is 9. The molecule has 0 bridgehead atoms. The number of carbonyl (C=O) groups excluding carboxylic acids is 1. The SMILES string of the molecule is CCN1CCCC1CN=C(N)NCCCN(Cc1cccnc1)C(=O)OC(C)(C)C. The van der Waals surface area contributed by atoms with Crippen molar-refractivity contribution in [2.75, 3.05) is 32.7 Å². The first kappa shape index (κ1) is 23.9. The van der Waals surface area contributed by atoms with Crippen molar-refractivity contribution in [2.24, 2.45) is 10.7 Å². The first-order chi connectivity index (χ1) is 14.3. The van der Waals surface area contributed by atoms with Crippen LogP contribution in [0, 0.1) is 0 Å². The van der Waals surface area contributed by atoms with Gasteiger partial charge < -0.3 is 20.7 Å². The van der Waals surface area contributed by atoms with Gasteiger partial charge in [-0.05, 0) is 64.8 Å². The molecule has 3 N–H and O–H groups in total. The van der Waals surface area contributed by atoms with Crippen molar-refractivity contribution in [2.45, 2.75) is 65.1 Å². The van der Waals surface area contributed by atoms with Crippen LogP contribution in [0.5, 0.6) is 0 Å². The van der Waals surface area contributed by atoms with E-state index in [1.807, 2.05) is 32.9 Å². The van der Waals surface area contributed by atoms with E-state index in [1.165, 1.54) is 12.8 Å². The zero-order valence-electron chi connectivity index (χ0n) is 18.9. The maximum absolute atomic E-state index is 12.6. The molecule has 0 radical (unpaired) electrons. The smallest absolute Gasteiger partial charge is 0.410 e. The largest absolute Gasteiger partial charge is 0.444 e. The summed E-state index contributed by atoms with van der Waals surface area (Å²) >= 11 is 0. The second-order valence-corrected chi connectivity index (χ2v) is 8.69. The molecule has 1 saturated heterocycles. The van der Waals surface area contributed by atoms with Crippen LogP contribution in [0.25, 0.3) is 0 Å². The van der Waals surface area contributed by atoms with Gasteiger partial charge in [-0.15, -0.1) is 0 Å². The molecule has 0 saturated carbocycles. The molecule has 0 aliphatic carbocycles. The van der Waals surface area contributed by atoms with Crippen molar-refractivity contribution in [3.05, 3.63) is 30.1 Å². The molecule has 30 heavy (non-hydrogen) atoms. The lowest BCUT2D eigenvalue weighted by atomic mass is 10.2. The number of carbonyl (C=O) groups is 1. The number of guanidine groups is 1. The van der Waals surface area contributed by atoms with Crippen LogP contribution in [0.4, 0.5) is 4.79 Å². The Bertz CT molecular complexity index is 674. The number of ether oxygens (including phenoxy) is 1. The number of aliphatic imine (C=N–C) groups is 1. The average Bonchev–Trinajstić information content (AvgIpc) is 3.15. The van der Waals surface area contributed by atoms with E-state index in [0.717, 1.165) is 31.6 Å². The Morgan fingerprint density at radius 2 is 2.27 bits per heavy atom. The molecule has 1 atom stereocenters. The van der Waals surface area contributed by atoms with Gasteiger partial charge in [0.25, 0.3) is 0 Å². The van der Waals surface area contributed by atoms with Gasteiger partial charge in [-0.2, -0.15) is 0 Å². The molecular formula is C22H38N6O2. The molecule has 168 valence electrons. The molecule has 2 heterocycles. The Kier molecular flexibility index (Phi) is 9.36. The molecule has 8 nitrogen and oxygen atoms in total. The summed E-state index contributed by atoms with van der Waals surface area (Å²) in [4.78, 5) is 25.4. The molecular weight excluding hydrogens is 380 g/mol. The number of hydrogen-bond acceptors (Lipinski definition) is 5. The van der Waals surface area contributed by atoms with Gasteiger partial charge in [0.1, 0.15) is 5.60 Å². The molecule has 1 aromatic rings. The minimum Gasteiger partial charge on any atom is -0.444 e. The Balaban J connectivity index is 1.81. The Hall–Kier alpha value is -2.35. The van der Waals surface area contributed by atoms with Gasteiger partial charge >= 0.3 is 6.09 Å². The number of nitrogens with zero attached hydrogens (tertiary/aromatic N) is 4. The number of pyridine rings is 1. The van der Waals surface area contributed by atoms with Crippen LogP contribution in [-0.2, 0) is 11.3 Å². The van der Waals surface area contributed by atoms with E-state index in [-0.39, 0.29) is 6.09 Å². The molecule has 2 rings (SSSR count). The number of hydrogen-bond donors (Lipinski definition) is 2. The maximum atomic E-state index is 12.6. The number of aromatic nitrogens is 1. The molecule has 1 aliphatic heterocycles. The summed E-state index contributed by atoms with van der Waals surface area (Å²) in [6, 6.07) is 4.32. The second-order valence-electron chi connectivity index (χ2n) is 8.69. The van der Waals surface area contributed by atoms with E-state index in [2.05, 4.69) is 27.1 Å². The normalized spacial score (nSPS) is 17.7. The zero-order valence-corrected chi connectivity index (χ0v) is 18.9. The first-order valence-electron chi connectivity index (χ1n) is 10.9. The lowest BCUT2D eigenvalue weighted by Crippen LogP contribution is -2.39. The summed E-state index contributed by atoms with van der Waals surface area (Å²) in [6.07, 6.45) is 6.32. The van der Waals surface area contributed by atoms with Gasteiger partial charge in [-0.3, -0.25) is 14.9 Å². The molecule has 1 aliphatic rings. The third-order valence-corrected chi connectivity index (χ3v) is 5.04. The second kappa shape index (κ2) is 11.7. The van der Waals surface area contributed by atoms with E-state index >= 15 is 0 Å². The number of likely N-dealkylation sites (N-methyl/N-ethyl adjacent to an activating group) is 1. The summed E-state index contributed by atoms with van der Waals surface area (Å²) in [6.45, 7) is 12.4. The summed E-state index contributed by atoms with van der Waals surface area (Å²) in [5.74, 6) is 0.467. The Labute approximate surface area is 180 Å². The molecule has 8 heteroatoms. The van der Waals surface area contributed by atoms with Crippen LogP contribution in [-0.4, -0.2) is 71.2 Å². The van der Waals surface area contributed by atoms with Gasteiger partial charge in [0.05, 0.1) is 13.1 Å². The molecule has 1 amide bonds. The fourth-order valence-electron chi connectivity index (χ4n) is 3.54. The number of nitrogens with two attached hydrogens (primary N) is 1. The standard InChI is InChI=1S/C22H38N6O2/c1-5-27-13-7-10-19(27)16-26-20(23)25-12-8-14-28(21(29)30-22(2,3)4)17-18-9-6-11-24-15-18/h6,9,11,15,19H,5,7-8,10,12-14,16-17H2,1-4H3,(H3,23,25,26). The Morgan fingerprint density at radius 3 is 2.93 bits per heavy atom. The quantitative estimate of drug-likeness (QED) is 0.364. The third-order valence-electron chi connectivity index (χ3n) is 5.04. The van der Waals surface area contributed by atoms with Crippen molar-refractivity contribution < 1.29 is 9.53 Å². The average molecular weight is 419 g/mol. The predicted octanol–water partition coefficient (Wildman–Crippen LogP) is 2.60. The topological polar surface area (TPSA) is 96.1 Å². The zero-order chi connectivity index (χ0) is 22.0. The van der Waals surface area contributed by atoms with Crippen molar-refractivity contribution in [3.8, 4) is 0 Å². The highest BCUT2D eigenvalue weighted by Crippen LogP contribution is 2.16.